The van der Waals surface area contributed by atoms with Gasteiger partial charge >= 0.3 is 0 Å². The summed E-state index contributed by atoms with van der Waals surface area (Å²) in [6.07, 6.45) is 0.374. The summed E-state index contributed by atoms with van der Waals surface area (Å²) in [5, 5.41) is 3.76. The molecule has 0 unspecified atom stereocenters. The molecule has 2 heterocycles. The van der Waals surface area contributed by atoms with E-state index in [4.69, 9.17) is 10.8 Å². The number of aliphatic imine (C=N–C) groups is 1. The number of Topliss-reactive ketones (excluding diaryl/α,β-unsaturated/α-hetero) is 1. The lowest BCUT2D eigenvalue weighted by molar-refractivity contribution is 0.0988. The molecule has 4 rings (SSSR count). The fourth-order valence-corrected chi connectivity index (χ4v) is 3.75. The minimum atomic E-state index is -0.125. The molecule has 0 radical (unpaired) electrons. The molecule has 6 nitrogen and oxygen atoms in total. The molecule has 1 atom stereocenters. The van der Waals surface area contributed by atoms with Crippen molar-refractivity contribution >= 4 is 22.9 Å². The summed E-state index contributed by atoms with van der Waals surface area (Å²) in [4.78, 5) is 16.8. The van der Waals surface area contributed by atoms with Gasteiger partial charge in [-0.2, -0.15) is 5.01 Å². The van der Waals surface area contributed by atoms with Gasteiger partial charge in [0.2, 0.25) is 0 Å². The first-order valence-corrected chi connectivity index (χ1v) is 9.07. The van der Waals surface area contributed by atoms with Gasteiger partial charge in [0.25, 0.3) is 0 Å². The average molecular weight is 361 g/mol. The van der Waals surface area contributed by atoms with Crippen LogP contribution in [0.5, 0.6) is 0 Å². The molecule has 2 aromatic rings. The zero-order chi connectivity index (χ0) is 19.1. The third-order valence-electron chi connectivity index (χ3n) is 5.08. The number of hydrazine groups is 2. The van der Waals surface area contributed by atoms with Gasteiger partial charge in [0, 0.05) is 35.9 Å². The van der Waals surface area contributed by atoms with Gasteiger partial charge < -0.3 is 5.43 Å². The molecule has 2 aromatic carbocycles. The number of carbonyl (C=O) groups excluding carboxylic acids is 1. The van der Waals surface area contributed by atoms with E-state index >= 15 is 0 Å². The van der Waals surface area contributed by atoms with Crippen molar-refractivity contribution in [2.45, 2.75) is 26.4 Å². The number of rotatable bonds is 3. The molecule has 3 N–H and O–H groups in total. The highest BCUT2D eigenvalue weighted by atomic mass is 16.1. The van der Waals surface area contributed by atoms with E-state index in [0.717, 1.165) is 33.9 Å². The first-order valence-electron chi connectivity index (χ1n) is 9.07. The molecule has 2 aliphatic rings. The van der Waals surface area contributed by atoms with E-state index in [1.54, 1.807) is 5.01 Å². The van der Waals surface area contributed by atoms with Crippen molar-refractivity contribution in [2.24, 2.45) is 10.8 Å². The third kappa shape index (κ3) is 2.83. The number of anilines is 1. The van der Waals surface area contributed by atoms with Gasteiger partial charge in [-0.1, -0.05) is 25.1 Å². The Bertz CT molecular complexity index is 961. The number of hydrogen-bond acceptors (Lipinski definition) is 6. The van der Waals surface area contributed by atoms with Crippen LogP contribution >= 0.6 is 0 Å². The van der Waals surface area contributed by atoms with Crippen LogP contribution in [0.1, 0.15) is 36.2 Å². The van der Waals surface area contributed by atoms with Crippen LogP contribution in [0.15, 0.2) is 64.8 Å². The van der Waals surface area contributed by atoms with E-state index in [-0.39, 0.29) is 11.9 Å². The second kappa shape index (κ2) is 6.64. The molecule has 0 amide bonds. The van der Waals surface area contributed by atoms with Crippen LogP contribution in [-0.4, -0.2) is 29.7 Å². The van der Waals surface area contributed by atoms with Gasteiger partial charge in [0.15, 0.2) is 5.78 Å². The lowest BCUT2D eigenvalue weighted by atomic mass is 9.92. The molecule has 138 valence electrons. The van der Waals surface area contributed by atoms with Crippen LogP contribution in [-0.2, 0) is 0 Å². The summed E-state index contributed by atoms with van der Waals surface area (Å²) in [5.74, 6) is 6.57. The first-order chi connectivity index (χ1) is 13.0. The summed E-state index contributed by atoms with van der Waals surface area (Å²) < 4.78 is 0. The lowest BCUT2D eigenvalue weighted by Gasteiger charge is -2.37. The van der Waals surface area contributed by atoms with Crippen molar-refractivity contribution in [3.63, 3.8) is 0 Å². The zero-order valence-electron chi connectivity index (χ0n) is 15.7. The molecule has 0 fully saturated rings. The molecule has 27 heavy (non-hydrogen) atoms. The highest BCUT2D eigenvalue weighted by molar-refractivity contribution is 6.19. The molecule has 0 bridgehead atoms. The molecular formula is C21H23N5O. The van der Waals surface area contributed by atoms with Gasteiger partial charge in [-0.15, -0.1) is 0 Å². The number of likely N-dealkylation sites (N-methyl/N-ethyl adjacent to an activating group) is 1. The number of nitrogens with two attached hydrogens (primary N) is 1. The van der Waals surface area contributed by atoms with Crippen molar-refractivity contribution in [3.05, 3.63) is 70.9 Å². The van der Waals surface area contributed by atoms with Gasteiger partial charge in [-0.25, -0.2) is 10.8 Å². The fraction of sp³-hybridized carbons (Fsp3) is 0.238. The fourth-order valence-electron chi connectivity index (χ4n) is 3.75. The number of nitrogens with zero attached hydrogens (tertiary/aromatic N) is 3. The van der Waals surface area contributed by atoms with E-state index in [2.05, 4.69) is 5.43 Å². The number of fused-ring (bicyclic) bond motifs is 2. The number of benzene rings is 2. The number of allylic oxidation sites excluding steroid dienone is 1. The number of nitrogens with one attached hydrogen (secondary N) is 1. The summed E-state index contributed by atoms with van der Waals surface area (Å²) in [6, 6.07) is 15.5. The minimum Gasteiger partial charge on any atom is -0.321 e. The number of ketones is 1. The molecule has 0 saturated heterocycles. The maximum Gasteiger partial charge on any atom is 0.162 e. The van der Waals surface area contributed by atoms with Crippen molar-refractivity contribution in [1.82, 2.24) is 10.4 Å². The number of carbonyl (C=O) groups is 1. The second-order valence-electron chi connectivity index (χ2n) is 6.84. The van der Waals surface area contributed by atoms with Crippen LogP contribution in [0.2, 0.25) is 0 Å². The van der Waals surface area contributed by atoms with Crippen molar-refractivity contribution in [2.75, 3.05) is 12.1 Å². The van der Waals surface area contributed by atoms with Crippen LogP contribution in [0.3, 0.4) is 0 Å². The largest absolute Gasteiger partial charge is 0.321 e. The van der Waals surface area contributed by atoms with E-state index < -0.39 is 0 Å². The first kappa shape index (κ1) is 17.5. The smallest absolute Gasteiger partial charge is 0.162 e. The van der Waals surface area contributed by atoms with Crippen LogP contribution < -0.4 is 16.3 Å². The summed E-state index contributed by atoms with van der Waals surface area (Å²) in [6.45, 7) is 3.90. The maximum absolute atomic E-state index is 11.9. The van der Waals surface area contributed by atoms with Crippen molar-refractivity contribution in [1.29, 1.82) is 0 Å². The van der Waals surface area contributed by atoms with Gasteiger partial charge in [-0.05, 0) is 37.3 Å². The molecule has 0 spiro atoms. The standard InChI is InChI=1S/C21H23N5O/c1-4-18(27)14-9-11-15(12-10-14)23-20-16-7-5-6-8-17(16)26(22)21-19(20)13(2)24-25(21)3/h5-12,21,24H,4,22H2,1-3H3/t21-/m1/s1. The van der Waals surface area contributed by atoms with E-state index in [1.807, 2.05) is 74.4 Å². The summed E-state index contributed by atoms with van der Waals surface area (Å²) in [7, 11) is 1.97. The predicted molar refractivity (Wildman–Crippen MR) is 108 cm³/mol. The molecule has 2 aliphatic heterocycles. The van der Waals surface area contributed by atoms with Crippen molar-refractivity contribution in [3.8, 4) is 0 Å². The Balaban J connectivity index is 1.84. The third-order valence-corrected chi connectivity index (χ3v) is 5.08. The molecule has 6 heteroatoms. The van der Waals surface area contributed by atoms with Crippen LogP contribution in [0, 0.1) is 0 Å². The summed E-state index contributed by atoms with van der Waals surface area (Å²) in [5.41, 5.74) is 9.80. The topological polar surface area (TPSA) is 74.0 Å². The Morgan fingerprint density at radius 1 is 1.19 bits per heavy atom. The molecule has 0 saturated carbocycles. The number of para-hydroxylation sites is 1. The normalized spacial score (nSPS) is 20.5. The van der Waals surface area contributed by atoms with E-state index in [1.165, 1.54) is 0 Å². The molecule has 0 aromatic heterocycles. The highest BCUT2D eigenvalue weighted by Crippen LogP contribution is 2.37. The van der Waals surface area contributed by atoms with Crippen LogP contribution in [0.25, 0.3) is 0 Å². The lowest BCUT2D eigenvalue weighted by Crippen LogP contribution is -2.55. The monoisotopic (exact) mass is 361 g/mol. The second-order valence-corrected chi connectivity index (χ2v) is 6.84. The van der Waals surface area contributed by atoms with Gasteiger partial charge in [-0.3, -0.25) is 9.80 Å². The number of hydrogen-bond donors (Lipinski definition) is 2. The van der Waals surface area contributed by atoms with Gasteiger partial charge in [0.1, 0.15) is 6.17 Å². The highest BCUT2D eigenvalue weighted by Gasteiger charge is 2.40. The molecular weight excluding hydrogens is 338 g/mol. The SMILES string of the molecule is CCC(=O)c1ccc(N=C2C3=C(C)NN(C)[C@@H]3N(N)c3ccccc32)cc1. The van der Waals surface area contributed by atoms with E-state index in [0.29, 0.717) is 12.0 Å². The average Bonchev–Trinajstić information content (AvgIpc) is 2.99. The quantitative estimate of drug-likeness (QED) is 0.649. The Morgan fingerprint density at radius 2 is 1.89 bits per heavy atom. The van der Waals surface area contributed by atoms with Crippen LogP contribution in [0.4, 0.5) is 11.4 Å². The molecule has 0 aliphatic carbocycles. The Morgan fingerprint density at radius 3 is 2.59 bits per heavy atom. The Labute approximate surface area is 158 Å². The van der Waals surface area contributed by atoms with E-state index in [9.17, 15) is 4.79 Å². The maximum atomic E-state index is 11.9. The summed E-state index contributed by atoms with van der Waals surface area (Å²) >= 11 is 0. The minimum absolute atomic E-state index is 0.125. The van der Waals surface area contributed by atoms with Crippen molar-refractivity contribution < 1.29 is 4.79 Å². The Hall–Kier alpha value is -2.96. The predicted octanol–water partition coefficient (Wildman–Crippen LogP) is 3.14. The zero-order valence-corrected chi connectivity index (χ0v) is 15.7. The Kier molecular flexibility index (Phi) is 4.30. The van der Waals surface area contributed by atoms with Gasteiger partial charge in [0.05, 0.1) is 17.1 Å².